The first kappa shape index (κ1) is 14.3. The Morgan fingerprint density at radius 1 is 1.19 bits per heavy atom. The molecule has 2 aromatic rings. The number of nitrogens with one attached hydrogen (secondary N) is 1. The van der Waals surface area contributed by atoms with Gasteiger partial charge in [0.25, 0.3) is 0 Å². The molecule has 1 aliphatic rings. The van der Waals surface area contributed by atoms with Gasteiger partial charge in [0, 0.05) is 23.2 Å². The Hall–Kier alpha value is -1.68. The van der Waals surface area contributed by atoms with Gasteiger partial charge in [-0.25, -0.2) is 0 Å². The second-order valence-electron chi connectivity index (χ2n) is 5.32. The van der Waals surface area contributed by atoms with E-state index in [1.807, 2.05) is 18.2 Å². The highest BCUT2D eigenvalue weighted by atomic mass is 32.1. The molecule has 21 heavy (non-hydrogen) atoms. The van der Waals surface area contributed by atoms with Gasteiger partial charge in [0.05, 0.1) is 13.2 Å². The van der Waals surface area contributed by atoms with Crippen molar-refractivity contribution in [2.45, 2.75) is 38.3 Å². The summed E-state index contributed by atoms with van der Waals surface area (Å²) < 4.78 is 11.5. The lowest BCUT2D eigenvalue weighted by atomic mass is 10.2. The van der Waals surface area contributed by atoms with Gasteiger partial charge in [-0.1, -0.05) is 6.07 Å². The van der Waals surface area contributed by atoms with Crippen LogP contribution in [-0.2, 0) is 6.54 Å². The molecule has 0 radical (unpaired) electrons. The third kappa shape index (κ3) is 3.70. The molecule has 0 atom stereocenters. The second kappa shape index (κ2) is 6.85. The number of methoxy groups -OCH3 is 1. The van der Waals surface area contributed by atoms with E-state index in [1.54, 1.807) is 18.4 Å². The van der Waals surface area contributed by atoms with E-state index in [4.69, 9.17) is 9.47 Å². The number of benzene rings is 1. The van der Waals surface area contributed by atoms with Crippen molar-refractivity contribution in [1.82, 2.24) is 0 Å². The molecule has 1 aromatic carbocycles. The zero-order chi connectivity index (χ0) is 14.5. The van der Waals surface area contributed by atoms with Crippen LogP contribution in [0.3, 0.4) is 0 Å². The minimum Gasteiger partial charge on any atom is -0.493 e. The Morgan fingerprint density at radius 2 is 2.05 bits per heavy atom. The van der Waals surface area contributed by atoms with Crippen LogP contribution in [0.2, 0.25) is 0 Å². The minimum absolute atomic E-state index is 0.339. The van der Waals surface area contributed by atoms with E-state index < -0.39 is 0 Å². The first-order valence-electron chi connectivity index (χ1n) is 7.46. The topological polar surface area (TPSA) is 30.5 Å². The van der Waals surface area contributed by atoms with Crippen LogP contribution in [-0.4, -0.2) is 13.2 Å². The van der Waals surface area contributed by atoms with Crippen molar-refractivity contribution >= 4 is 17.0 Å². The van der Waals surface area contributed by atoms with E-state index in [0.29, 0.717) is 6.10 Å². The fraction of sp³-hybridized carbons (Fsp3) is 0.412. The van der Waals surface area contributed by atoms with Crippen molar-refractivity contribution in [3.05, 3.63) is 40.6 Å². The molecule has 1 saturated carbocycles. The third-order valence-electron chi connectivity index (χ3n) is 3.81. The number of hydrogen-bond donors (Lipinski definition) is 1. The summed E-state index contributed by atoms with van der Waals surface area (Å²) in [5.74, 6) is 1.66. The van der Waals surface area contributed by atoms with Gasteiger partial charge < -0.3 is 14.8 Å². The van der Waals surface area contributed by atoms with E-state index in [2.05, 4.69) is 22.8 Å². The molecule has 0 amide bonds. The van der Waals surface area contributed by atoms with Gasteiger partial charge in [-0.2, -0.15) is 0 Å². The molecule has 4 heteroatoms. The van der Waals surface area contributed by atoms with Gasteiger partial charge in [0.2, 0.25) is 0 Å². The highest BCUT2D eigenvalue weighted by Gasteiger charge is 2.18. The zero-order valence-electron chi connectivity index (χ0n) is 12.3. The Bertz CT molecular complexity index is 562. The van der Waals surface area contributed by atoms with E-state index in [-0.39, 0.29) is 0 Å². The van der Waals surface area contributed by atoms with Gasteiger partial charge in [0.1, 0.15) is 0 Å². The zero-order valence-corrected chi connectivity index (χ0v) is 13.1. The molecule has 1 N–H and O–H groups in total. The Kier molecular flexibility index (Phi) is 4.65. The smallest absolute Gasteiger partial charge is 0.163 e. The number of rotatable bonds is 6. The summed E-state index contributed by atoms with van der Waals surface area (Å²) in [6.45, 7) is 0.840. The van der Waals surface area contributed by atoms with Crippen molar-refractivity contribution in [2.24, 2.45) is 0 Å². The predicted octanol–water partition coefficient (Wildman–Crippen LogP) is 4.69. The normalized spacial score (nSPS) is 15.1. The summed E-state index contributed by atoms with van der Waals surface area (Å²) in [6, 6.07) is 10.3. The molecule has 3 nitrogen and oxygen atoms in total. The number of thiophene rings is 1. The molecule has 3 rings (SSSR count). The number of ether oxygens (including phenoxy) is 2. The number of hydrogen-bond acceptors (Lipinski definition) is 4. The Morgan fingerprint density at radius 3 is 2.76 bits per heavy atom. The molecule has 1 heterocycles. The van der Waals surface area contributed by atoms with E-state index in [9.17, 15) is 0 Å². The molecule has 0 bridgehead atoms. The molecule has 1 fully saturated rings. The van der Waals surface area contributed by atoms with Crippen molar-refractivity contribution in [3.63, 3.8) is 0 Å². The standard InChI is InChI=1S/C17H21NO2S/c1-19-16-9-8-13(18-12-15-7-4-10-21-15)11-17(16)20-14-5-2-3-6-14/h4,7-11,14,18H,2-3,5-6,12H2,1H3. The SMILES string of the molecule is COc1ccc(NCc2cccs2)cc1OC1CCCC1. The third-order valence-corrected chi connectivity index (χ3v) is 4.68. The van der Waals surface area contributed by atoms with Crippen molar-refractivity contribution in [1.29, 1.82) is 0 Å². The van der Waals surface area contributed by atoms with Crippen LogP contribution >= 0.6 is 11.3 Å². The Labute approximate surface area is 129 Å². The monoisotopic (exact) mass is 303 g/mol. The van der Waals surface area contributed by atoms with Gasteiger partial charge in [-0.3, -0.25) is 0 Å². The van der Waals surface area contributed by atoms with Gasteiger partial charge in [0.15, 0.2) is 11.5 Å². The highest BCUT2D eigenvalue weighted by Crippen LogP contribution is 2.34. The average Bonchev–Trinajstić information content (AvgIpc) is 3.18. The van der Waals surface area contributed by atoms with Crippen molar-refractivity contribution < 1.29 is 9.47 Å². The molecule has 0 saturated heterocycles. The van der Waals surface area contributed by atoms with Crippen LogP contribution < -0.4 is 14.8 Å². The second-order valence-corrected chi connectivity index (χ2v) is 6.36. The molecule has 0 aliphatic heterocycles. The lowest BCUT2D eigenvalue weighted by Gasteiger charge is -2.17. The average molecular weight is 303 g/mol. The van der Waals surface area contributed by atoms with Crippen LogP contribution in [0, 0.1) is 0 Å². The van der Waals surface area contributed by atoms with E-state index in [0.717, 1.165) is 36.6 Å². The van der Waals surface area contributed by atoms with Crippen LogP contribution in [0.15, 0.2) is 35.7 Å². The maximum atomic E-state index is 6.11. The van der Waals surface area contributed by atoms with Crippen molar-refractivity contribution in [3.8, 4) is 11.5 Å². The molecule has 0 unspecified atom stereocenters. The first-order valence-corrected chi connectivity index (χ1v) is 8.34. The van der Waals surface area contributed by atoms with Crippen LogP contribution in [0.4, 0.5) is 5.69 Å². The quantitative estimate of drug-likeness (QED) is 0.839. The fourth-order valence-electron chi connectivity index (χ4n) is 2.67. The molecule has 1 aliphatic carbocycles. The molecular weight excluding hydrogens is 282 g/mol. The van der Waals surface area contributed by atoms with Crippen LogP contribution in [0.25, 0.3) is 0 Å². The summed E-state index contributed by atoms with van der Waals surface area (Å²) >= 11 is 1.76. The minimum atomic E-state index is 0.339. The summed E-state index contributed by atoms with van der Waals surface area (Å²) in [5, 5.41) is 5.54. The number of anilines is 1. The highest BCUT2D eigenvalue weighted by molar-refractivity contribution is 7.09. The van der Waals surface area contributed by atoms with Crippen LogP contribution in [0.5, 0.6) is 11.5 Å². The predicted molar refractivity (Wildman–Crippen MR) is 87.5 cm³/mol. The maximum absolute atomic E-state index is 6.11. The van der Waals surface area contributed by atoms with Gasteiger partial charge in [-0.05, 0) is 49.3 Å². The summed E-state index contributed by atoms with van der Waals surface area (Å²) in [7, 11) is 1.69. The van der Waals surface area contributed by atoms with E-state index >= 15 is 0 Å². The summed E-state index contributed by atoms with van der Waals surface area (Å²) in [4.78, 5) is 1.32. The van der Waals surface area contributed by atoms with Gasteiger partial charge in [-0.15, -0.1) is 11.3 Å². The fourth-order valence-corrected chi connectivity index (χ4v) is 3.31. The lowest BCUT2D eigenvalue weighted by Crippen LogP contribution is -2.11. The van der Waals surface area contributed by atoms with E-state index in [1.165, 1.54) is 17.7 Å². The maximum Gasteiger partial charge on any atom is 0.163 e. The van der Waals surface area contributed by atoms with Crippen LogP contribution in [0.1, 0.15) is 30.6 Å². The van der Waals surface area contributed by atoms with Gasteiger partial charge >= 0.3 is 0 Å². The molecule has 112 valence electrons. The Balaban J connectivity index is 1.69. The summed E-state index contributed by atoms with van der Waals surface area (Å²) in [6.07, 6.45) is 5.17. The summed E-state index contributed by atoms with van der Waals surface area (Å²) in [5.41, 5.74) is 1.07. The lowest BCUT2D eigenvalue weighted by molar-refractivity contribution is 0.201. The van der Waals surface area contributed by atoms with Crippen molar-refractivity contribution in [2.75, 3.05) is 12.4 Å². The largest absolute Gasteiger partial charge is 0.493 e. The molecular formula is C17H21NO2S. The molecule has 1 aromatic heterocycles. The first-order chi connectivity index (χ1) is 10.3. The molecule has 0 spiro atoms.